The van der Waals surface area contributed by atoms with Crippen molar-refractivity contribution >= 4 is 15.9 Å². The third-order valence-electron chi connectivity index (χ3n) is 4.69. The fourth-order valence-electron chi connectivity index (χ4n) is 3.13. The van der Waals surface area contributed by atoms with Crippen molar-refractivity contribution in [3.05, 3.63) is 34.3 Å². The summed E-state index contributed by atoms with van der Waals surface area (Å²) in [4.78, 5) is 2.62. The lowest BCUT2D eigenvalue weighted by molar-refractivity contribution is 0.0783. The molecule has 3 atom stereocenters. The largest absolute Gasteiger partial charge is 0.314 e. The molecule has 0 aliphatic carbocycles. The van der Waals surface area contributed by atoms with Crippen LogP contribution in [0.3, 0.4) is 0 Å². The van der Waals surface area contributed by atoms with E-state index in [4.69, 9.17) is 0 Å². The Kier molecular flexibility index (Phi) is 6.06. The van der Waals surface area contributed by atoms with E-state index in [1.54, 1.807) is 0 Å². The lowest BCUT2D eigenvalue weighted by atomic mass is 9.86. The average Bonchev–Trinajstić information content (AvgIpc) is 2.45. The minimum atomic E-state index is 0.630. The Bertz CT molecular complexity index is 421. The topological polar surface area (TPSA) is 15.3 Å². The predicted octanol–water partition coefficient (Wildman–Crippen LogP) is 4.05. The van der Waals surface area contributed by atoms with Gasteiger partial charge in [-0.25, -0.2) is 0 Å². The average molecular weight is 339 g/mol. The van der Waals surface area contributed by atoms with Gasteiger partial charge in [-0.3, -0.25) is 4.90 Å². The molecule has 2 nitrogen and oxygen atoms in total. The zero-order chi connectivity index (χ0) is 14.5. The van der Waals surface area contributed by atoms with Crippen LogP contribution in [0.4, 0.5) is 0 Å². The molecule has 0 spiro atoms. The first-order valence-corrected chi connectivity index (χ1v) is 8.63. The fourth-order valence-corrected chi connectivity index (χ4v) is 3.54. The van der Waals surface area contributed by atoms with Crippen molar-refractivity contribution in [2.24, 2.45) is 5.92 Å². The van der Waals surface area contributed by atoms with Gasteiger partial charge in [0, 0.05) is 29.6 Å². The molecule has 1 aromatic carbocycles. The summed E-state index contributed by atoms with van der Waals surface area (Å²) in [5.41, 5.74) is 1.39. The first-order valence-electron chi connectivity index (χ1n) is 7.84. The normalized spacial score (nSPS) is 27.7. The molecule has 0 aromatic heterocycles. The number of hydrogen-bond donors (Lipinski definition) is 1. The lowest BCUT2D eigenvalue weighted by Gasteiger charge is -2.43. The van der Waals surface area contributed by atoms with Crippen LogP contribution in [-0.4, -0.2) is 30.1 Å². The predicted molar refractivity (Wildman–Crippen MR) is 89.9 cm³/mol. The van der Waals surface area contributed by atoms with Crippen molar-refractivity contribution in [1.82, 2.24) is 10.2 Å². The number of likely N-dealkylation sites (tertiary alicyclic amines) is 1. The maximum Gasteiger partial charge on any atom is 0.0247 e. The molecule has 1 fully saturated rings. The van der Waals surface area contributed by atoms with Crippen LogP contribution in [0.5, 0.6) is 0 Å². The summed E-state index contributed by atoms with van der Waals surface area (Å²) in [7, 11) is 0. The van der Waals surface area contributed by atoms with Gasteiger partial charge >= 0.3 is 0 Å². The van der Waals surface area contributed by atoms with Crippen LogP contribution in [0.2, 0.25) is 0 Å². The van der Waals surface area contributed by atoms with E-state index in [0.29, 0.717) is 18.0 Å². The zero-order valence-corrected chi connectivity index (χ0v) is 14.5. The summed E-state index contributed by atoms with van der Waals surface area (Å²) in [6.45, 7) is 10.4. The van der Waals surface area contributed by atoms with Gasteiger partial charge in [-0.15, -0.1) is 0 Å². The van der Waals surface area contributed by atoms with Gasteiger partial charge in [0.25, 0.3) is 0 Å². The number of piperidine rings is 1. The molecule has 3 unspecified atom stereocenters. The maximum absolute atomic E-state index is 3.71. The van der Waals surface area contributed by atoms with Gasteiger partial charge in [0.05, 0.1) is 0 Å². The van der Waals surface area contributed by atoms with Crippen molar-refractivity contribution in [3.63, 3.8) is 0 Å². The van der Waals surface area contributed by atoms with Gasteiger partial charge in [0.2, 0.25) is 0 Å². The summed E-state index contributed by atoms with van der Waals surface area (Å²) < 4.78 is 1.23. The van der Waals surface area contributed by atoms with Gasteiger partial charge < -0.3 is 5.32 Å². The second-order valence-electron chi connectivity index (χ2n) is 6.01. The first-order chi connectivity index (χ1) is 9.63. The molecule has 1 saturated heterocycles. The highest BCUT2D eigenvalue weighted by molar-refractivity contribution is 9.10. The second kappa shape index (κ2) is 7.58. The standard InChI is InChI=1S/C17H27BrN2/c1-4-10-19-17-9-11-20(14(3)13(17)2)12-15-7-5-6-8-16(15)18/h5-8,13-14,17,19H,4,9-12H2,1-3H3. The fraction of sp³-hybridized carbons (Fsp3) is 0.647. The lowest BCUT2D eigenvalue weighted by Crippen LogP contribution is -2.53. The third-order valence-corrected chi connectivity index (χ3v) is 5.46. The third kappa shape index (κ3) is 3.84. The number of nitrogens with one attached hydrogen (secondary N) is 1. The highest BCUT2D eigenvalue weighted by Gasteiger charge is 2.31. The Morgan fingerprint density at radius 3 is 2.75 bits per heavy atom. The number of halogens is 1. The van der Waals surface area contributed by atoms with E-state index < -0.39 is 0 Å². The Labute approximate surface area is 132 Å². The van der Waals surface area contributed by atoms with Crippen LogP contribution < -0.4 is 5.32 Å². The quantitative estimate of drug-likeness (QED) is 0.871. The molecule has 0 amide bonds. The molecule has 1 aliphatic heterocycles. The minimum Gasteiger partial charge on any atom is -0.314 e. The van der Waals surface area contributed by atoms with Gasteiger partial charge in [0.15, 0.2) is 0 Å². The summed E-state index contributed by atoms with van der Waals surface area (Å²) in [5, 5.41) is 3.71. The molecule has 1 aromatic rings. The van der Waals surface area contributed by atoms with Gasteiger partial charge in [-0.05, 0) is 43.9 Å². The summed E-state index contributed by atoms with van der Waals surface area (Å²) in [6, 6.07) is 9.89. The monoisotopic (exact) mass is 338 g/mol. The molecule has 3 heteroatoms. The Balaban J connectivity index is 1.97. The number of hydrogen-bond acceptors (Lipinski definition) is 2. The van der Waals surface area contributed by atoms with E-state index in [1.807, 2.05) is 0 Å². The zero-order valence-electron chi connectivity index (χ0n) is 12.9. The van der Waals surface area contributed by atoms with E-state index in [1.165, 1.54) is 29.4 Å². The Hall–Kier alpha value is -0.380. The maximum atomic E-state index is 3.71. The van der Waals surface area contributed by atoms with E-state index >= 15 is 0 Å². The van der Waals surface area contributed by atoms with E-state index in [-0.39, 0.29) is 0 Å². The Morgan fingerprint density at radius 1 is 1.30 bits per heavy atom. The molecule has 0 saturated carbocycles. The Morgan fingerprint density at radius 2 is 2.05 bits per heavy atom. The molecular weight excluding hydrogens is 312 g/mol. The van der Waals surface area contributed by atoms with E-state index in [9.17, 15) is 0 Å². The van der Waals surface area contributed by atoms with Crippen LogP contribution in [0.15, 0.2) is 28.7 Å². The molecule has 0 radical (unpaired) electrons. The molecule has 2 rings (SSSR count). The summed E-state index contributed by atoms with van der Waals surface area (Å²) in [6.07, 6.45) is 2.48. The van der Waals surface area contributed by atoms with Crippen molar-refractivity contribution < 1.29 is 0 Å². The molecule has 1 aliphatic rings. The van der Waals surface area contributed by atoms with Crippen LogP contribution in [0.1, 0.15) is 39.2 Å². The van der Waals surface area contributed by atoms with Gasteiger partial charge in [-0.1, -0.05) is 48.0 Å². The number of benzene rings is 1. The molecule has 112 valence electrons. The first kappa shape index (κ1) is 16.0. The minimum absolute atomic E-state index is 0.630. The van der Waals surface area contributed by atoms with Crippen molar-refractivity contribution in [2.75, 3.05) is 13.1 Å². The summed E-state index contributed by atoms with van der Waals surface area (Å²) in [5.74, 6) is 0.706. The van der Waals surface area contributed by atoms with Crippen LogP contribution in [-0.2, 0) is 6.54 Å². The highest BCUT2D eigenvalue weighted by Crippen LogP contribution is 2.27. The van der Waals surface area contributed by atoms with Crippen molar-refractivity contribution in [1.29, 1.82) is 0 Å². The van der Waals surface area contributed by atoms with Crippen LogP contribution >= 0.6 is 15.9 Å². The van der Waals surface area contributed by atoms with Gasteiger partial charge in [0.1, 0.15) is 0 Å². The van der Waals surface area contributed by atoms with E-state index in [0.717, 1.165) is 13.1 Å². The SMILES string of the molecule is CCCNC1CCN(Cc2ccccc2Br)C(C)C1C. The smallest absolute Gasteiger partial charge is 0.0247 e. The van der Waals surface area contributed by atoms with Gasteiger partial charge in [-0.2, -0.15) is 0 Å². The molecule has 1 heterocycles. The second-order valence-corrected chi connectivity index (χ2v) is 6.87. The van der Waals surface area contributed by atoms with E-state index in [2.05, 4.69) is 71.2 Å². The number of rotatable bonds is 5. The van der Waals surface area contributed by atoms with Crippen molar-refractivity contribution in [3.8, 4) is 0 Å². The van der Waals surface area contributed by atoms with Crippen LogP contribution in [0, 0.1) is 5.92 Å². The van der Waals surface area contributed by atoms with Crippen LogP contribution in [0.25, 0.3) is 0 Å². The van der Waals surface area contributed by atoms with Crippen molar-refractivity contribution in [2.45, 2.75) is 52.2 Å². The summed E-state index contributed by atoms with van der Waals surface area (Å²) >= 11 is 3.67. The molecule has 1 N–H and O–H groups in total. The number of nitrogens with zero attached hydrogens (tertiary/aromatic N) is 1. The highest BCUT2D eigenvalue weighted by atomic mass is 79.9. The molecular formula is C17H27BrN2. The molecule has 20 heavy (non-hydrogen) atoms. The molecule has 0 bridgehead atoms.